The molecule has 86 valence electrons. The summed E-state index contributed by atoms with van der Waals surface area (Å²) in [6.07, 6.45) is 6.30. The lowest BCUT2D eigenvalue weighted by atomic mass is 9.87. The lowest BCUT2D eigenvalue weighted by molar-refractivity contribution is 0.151. The molecule has 0 unspecified atom stereocenters. The third-order valence-corrected chi connectivity index (χ3v) is 3.86. The third kappa shape index (κ3) is 1.97. The third-order valence-electron chi connectivity index (χ3n) is 3.86. The van der Waals surface area contributed by atoms with E-state index < -0.39 is 0 Å². The summed E-state index contributed by atoms with van der Waals surface area (Å²) in [4.78, 5) is 6.60. The van der Waals surface area contributed by atoms with Gasteiger partial charge in [0.2, 0.25) is 0 Å². The van der Waals surface area contributed by atoms with E-state index in [1.54, 1.807) is 0 Å². The van der Waals surface area contributed by atoms with Crippen LogP contribution in [0, 0.1) is 5.41 Å². The molecular formula is C13H18N2O. The number of hydrogen-bond acceptors (Lipinski definition) is 3. The fraction of sp³-hybridized carbons (Fsp3) is 0.615. The molecule has 0 bridgehead atoms. The van der Waals surface area contributed by atoms with Crippen LogP contribution in [-0.2, 0) is 11.3 Å². The van der Waals surface area contributed by atoms with Crippen LogP contribution >= 0.6 is 0 Å². The Kier molecular flexibility index (Phi) is 2.65. The summed E-state index contributed by atoms with van der Waals surface area (Å²) in [5, 5.41) is 0. The second-order valence-corrected chi connectivity index (χ2v) is 5.12. The highest BCUT2D eigenvalue weighted by Gasteiger charge is 2.40. The zero-order chi connectivity index (χ0) is 10.8. The molecule has 2 fully saturated rings. The van der Waals surface area contributed by atoms with Crippen LogP contribution in [0.15, 0.2) is 24.5 Å². The summed E-state index contributed by atoms with van der Waals surface area (Å²) in [5.41, 5.74) is 1.85. The van der Waals surface area contributed by atoms with E-state index in [1.165, 1.54) is 31.5 Å². The maximum Gasteiger partial charge on any atom is 0.0536 e. The molecule has 0 N–H and O–H groups in total. The van der Waals surface area contributed by atoms with Gasteiger partial charge < -0.3 is 4.74 Å². The van der Waals surface area contributed by atoms with E-state index in [0.29, 0.717) is 5.41 Å². The largest absolute Gasteiger partial charge is 0.381 e. The number of hydrogen-bond donors (Lipinski definition) is 0. The highest BCUT2D eigenvalue weighted by molar-refractivity contribution is 5.10. The molecule has 2 aliphatic heterocycles. The lowest BCUT2D eigenvalue weighted by Crippen LogP contribution is -2.27. The fourth-order valence-electron chi connectivity index (χ4n) is 2.88. The zero-order valence-electron chi connectivity index (χ0n) is 9.56. The first-order valence-corrected chi connectivity index (χ1v) is 6.05. The van der Waals surface area contributed by atoms with Crippen molar-refractivity contribution in [3.05, 3.63) is 30.1 Å². The van der Waals surface area contributed by atoms with Crippen molar-refractivity contribution in [1.82, 2.24) is 9.88 Å². The number of nitrogens with zero attached hydrogens (tertiary/aromatic N) is 2. The molecule has 3 heteroatoms. The predicted molar refractivity (Wildman–Crippen MR) is 62.0 cm³/mol. The molecule has 2 saturated heterocycles. The van der Waals surface area contributed by atoms with Crippen LogP contribution in [0.4, 0.5) is 0 Å². The van der Waals surface area contributed by atoms with Gasteiger partial charge in [-0.15, -0.1) is 0 Å². The second kappa shape index (κ2) is 4.15. The van der Waals surface area contributed by atoms with E-state index in [0.717, 1.165) is 19.8 Å². The Hall–Kier alpha value is -0.930. The van der Waals surface area contributed by atoms with Crippen LogP contribution in [0.3, 0.4) is 0 Å². The van der Waals surface area contributed by atoms with Gasteiger partial charge in [-0.05, 0) is 37.1 Å². The van der Waals surface area contributed by atoms with Crippen molar-refractivity contribution in [3.63, 3.8) is 0 Å². The summed E-state index contributed by atoms with van der Waals surface area (Å²) in [6, 6.07) is 4.21. The summed E-state index contributed by atoms with van der Waals surface area (Å²) in [5.74, 6) is 0. The monoisotopic (exact) mass is 218 g/mol. The molecule has 0 aliphatic carbocycles. The summed E-state index contributed by atoms with van der Waals surface area (Å²) in [7, 11) is 0. The SMILES string of the molecule is c1cc(CN2CC[C@]3(CCOC3)C2)ccn1. The molecule has 0 saturated carbocycles. The second-order valence-electron chi connectivity index (χ2n) is 5.12. The number of pyridine rings is 1. The maximum atomic E-state index is 5.54. The Morgan fingerprint density at radius 1 is 1.31 bits per heavy atom. The first kappa shape index (κ1) is 10.2. The predicted octanol–water partition coefficient (Wildman–Crippen LogP) is 1.69. The van der Waals surface area contributed by atoms with E-state index in [4.69, 9.17) is 4.74 Å². The van der Waals surface area contributed by atoms with Crippen LogP contribution in [0.1, 0.15) is 18.4 Å². The topological polar surface area (TPSA) is 25.4 Å². The van der Waals surface area contributed by atoms with Gasteiger partial charge in [0, 0.05) is 37.5 Å². The minimum Gasteiger partial charge on any atom is -0.381 e. The average Bonchev–Trinajstić information content (AvgIpc) is 2.92. The summed E-state index contributed by atoms with van der Waals surface area (Å²) >= 11 is 0. The van der Waals surface area contributed by atoms with E-state index in [1.807, 2.05) is 12.4 Å². The van der Waals surface area contributed by atoms with Gasteiger partial charge in [-0.1, -0.05) is 0 Å². The Labute approximate surface area is 96.4 Å². The molecule has 1 aromatic heterocycles. The quantitative estimate of drug-likeness (QED) is 0.755. The molecule has 3 heterocycles. The van der Waals surface area contributed by atoms with E-state index in [-0.39, 0.29) is 0 Å². The Morgan fingerprint density at radius 3 is 2.94 bits per heavy atom. The molecule has 1 aromatic rings. The molecule has 3 nitrogen and oxygen atoms in total. The molecular weight excluding hydrogens is 200 g/mol. The van der Waals surface area contributed by atoms with Crippen LogP contribution in [0.2, 0.25) is 0 Å². The van der Waals surface area contributed by atoms with Crippen molar-refractivity contribution in [2.75, 3.05) is 26.3 Å². The molecule has 0 radical (unpaired) electrons. The van der Waals surface area contributed by atoms with Crippen molar-refractivity contribution in [2.24, 2.45) is 5.41 Å². The number of ether oxygens (including phenoxy) is 1. The normalized spacial score (nSPS) is 30.2. The summed E-state index contributed by atoms with van der Waals surface area (Å²) in [6.45, 7) is 5.41. The highest BCUT2D eigenvalue weighted by Crippen LogP contribution is 2.38. The minimum atomic E-state index is 0.479. The van der Waals surface area contributed by atoms with E-state index in [2.05, 4.69) is 22.0 Å². The van der Waals surface area contributed by atoms with Crippen molar-refractivity contribution in [3.8, 4) is 0 Å². The number of rotatable bonds is 2. The smallest absolute Gasteiger partial charge is 0.0536 e. The van der Waals surface area contributed by atoms with Gasteiger partial charge in [0.1, 0.15) is 0 Å². The van der Waals surface area contributed by atoms with Crippen LogP contribution in [-0.4, -0.2) is 36.2 Å². The van der Waals surface area contributed by atoms with Gasteiger partial charge >= 0.3 is 0 Å². The van der Waals surface area contributed by atoms with Crippen LogP contribution < -0.4 is 0 Å². The lowest BCUT2D eigenvalue weighted by Gasteiger charge is -2.21. The van der Waals surface area contributed by atoms with Crippen LogP contribution in [0.25, 0.3) is 0 Å². The van der Waals surface area contributed by atoms with Crippen molar-refractivity contribution in [1.29, 1.82) is 0 Å². The highest BCUT2D eigenvalue weighted by atomic mass is 16.5. The molecule has 16 heavy (non-hydrogen) atoms. The first-order valence-electron chi connectivity index (χ1n) is 6.05. The summed E-state index contributed by atoms with van der Waals surface area (Å²) < 4.78 is 5.54. The number of likely N-dealkylation sites (tertiary alicyclic amines) is 1. The molecule has 1 spiro atoms. The van der Waals surface area contributed by atoms with Gasteiger partial charge in [-0.25, -0.2) is 0 Å². The van der Waals surface area contributed by atoms with Gasteiger partial charge in [0.25, 0.3) is 0 Å². The minimum absolute atomic E-state index is 0.479. The fourth-order valence-corrected chi connectivity index (χ4v) is 2.88. The maximum absolute atomic E-state index is 5.54. The van der Waals surface area contributed by atoms with Crippen LogP contribution in [0.5, 0.6) is 0 Å². The number of aromatic nitrogens is 1. The van der Waals surface area contributed by atoms with Gasteiger partial charge in [0.15, 0.2) is 0 Å². The Balaban J connectivity index is 1.62. The molecule has 1 atom stereocenters. The zero-order valence-corrected chi connectivity index (χ0v) is 9.56. The van der Waals surface area contributed by atoms with Gasteiger partial charge in [-0.3, -0.25) is 9.88 Å². The molecule has 0 aromatic carbocycles. The Morgan fingerprint density at radius 2 is 2.19 bits per heavy atom. The molecule has 0 amide bonds. The average molecular weight is 218 g/mol. The van der Waals surface area contributed by atoms with Crippen molar-refractivity contribution >= 4 is 0 Å². The standard InChI is InChI=1S/C13H18N2O/c1-5-14-6-2-12(1)9-15-7-3-13(10-15)4-8-16-11-13/h1-2,5-6H,3-4,7-11H2/t13-/m0/s1. The van der Waals surface area contributed by atoms with Crippen molar-refractivity contribution < 1.29 is 4.74 Å². The van der Waals surface area contributed by atoms with E-state index >= 15 is 0 Å². The van der Waals surface area contributed by atoms with Crippen molar-refractivity contribution in [2.45, 2.75) is 19.4 Å². The van der Waals surface area contributed by atoms with Gasteiger partial charge in [0.05, 0.1) is 6.61 Å². The van der Waals surface area contributed by atoms with Gasteiger partial charge in [-0.2, -0.15) is 0 Å². The molecule has 3 rings (SSSR count). The first-order chi connectivity index (χ1) is 7.86. The Bertz CT molecular complexity index is 346. The van der Waals surface area contributed by atoms with E-state index in [9.17, 15) is 0 Å². The molecule has 2 aliphatic rings.